The van der Waals surface area contributed by atoms with Crippen molar-refractivity contribution in [2.75, 3.05) is 5.32 Å². The molecule has 1 amide bonds. The molecule has 0 unspecified atom stereocenters. The van der Waals surface area contributed by atoms with Gasteiger partial charge in [0.1, 0.15) is 0 Å². The van der Waals surface area contributed by atoms with Crippen molar-refractivity contribution in [1.82, 2.24) is 0 Å². The molecular formula is C19H16N2O2. The van der Waals surface area contributed by atoms with E-state index >= 15 is 0 Å². The number of rotatable bonds is 3. The van der Waals surface area contributed by atoms with Gasteiger partial charge in [-0.3, -0.25) is 10.2 Å². The van der Waals surface area contributed by atoms with Crippen LogP contribution in [-0.2, 0) is 4.84 Å². The zero-order valence-corrected chi connectivity index (χ0v) is 12.7. The van der Waals surface area contributed by atoms with Gasteiger partial charge in [-0.25, -0.2) is 4.79 Å². The van der Waals surface area contributed by atoms with Gasteiger partial charge in [0.25, 0.3) is 0 Å². The summed E-state index contributed by atoms with van der Waals surface area (Å²) in [6.07, 6.45) is -0.615. The van der Waals surface area contributed by atoms with Gasteiger partial charge >= 0.3 is 6.09 Å². The molecule has 0 spiro atoms. The Bertz CT molecular complexity index is 852. The van der Waals surface area contributed by atoms with Crippen LogP contribution in [0, 0.1) is 0 Å². The Morgan fingerprint density at radius 3 is 2.43 bits per heavy atom. The quantitative estimate of drug-likeness (QED) is 0.429. The maximum Gasteiger partial charge on any atom is 0.437 e. The van der Waals surface area contributed by atoms with Crippen molar-refractivity contribution >= 4 is 28.3 Å². The molecule has 23 heavy (non-hydrogen) atoms. The minimum absolute atomic E-state index is 0.615. The fourth-order valence-electron chi connectivity index (χ4n) is 2.36. The molecule has 0 saturated carbocycles. The number of amides is 1. The molecule has 1 N–H and O–H groups in total. The van der Waals surface area contributed by atoms with Gasteiger partial charge in [-0.05, 0) is 29.8 Å². The highest BCUT2D eigenvalue weighted by Gasteiger charge is 2.06. The number of carbonyl (C=O) groups is 1. The molecule has 0 bridgehead atoms. The monoisotopic (exact) mass is 304 g/mol. The maximum atomic E-state index is 11.8. The van der Waals surface area contributed by atoms with E-state index in [4.69, 9.17) is 4.84 Å². The van der Waals surface area contributed by atoms with E-state index in [0.29, 0.717) is 11.4 Å². The first kappa shape index (κ1) is 14.8. The van der Waals surface area contributed by atoms with E-state index in [9.17, 15) is 4.79 Å². The first-order chi connectivity index (χ1) is 11.2. The van der Waals surface area contributed by atoms with Gasteiger partial charge in [0, 0.05) is 11.3 Å². The third-order valence-corrected chi connectivity index (χ3v) is 3.47. The Kier molecular flexibility index (Phi) is 4.34. The van der Waals surface area contributed by atoms with E-state index in [2.05, 4.69) is 10.5 Å². The summed E-state index contributed by atoms with van der Waals surface area (Å²) < 4.78 is 0. The smallest absolute Gasteiger partial charge is 0.298 e. The first-order valence-electron chi connectivity index (χ1n) is 7.30. The highest BCUT2D eigenvalue weighted by molar-refractivity contribution is 6.09. The van der Waals surface area contributed by atoms with Crippen LogP contribution in [0.2, 0.25) is 0 Å². The van der Waals surface area contributed by atoms with Gasteiger partial charge < -0.3 is 0 Å². The van der Waals surface area contributed by atoms with E-state index in [-0.39, 0.29) is 0 Å². The van der Waals surface area contributed by atoms with E-state index in [1.54, 1.807) is 12.1 Å². The van der Waals surface area contributed by atoms with Crippen LogP contribution >= 0.6 is 0 Å². The van der Waals surface area contributed by atoms with Crippen LogP contribution < -0.4 is 5.32 Å². The fraction of sp³-hybridized carbons (Fsp3) is 0.0526. The van der Waals surface area contributed by atoms with Gasteiger partial charge in [-0.15, -0.1) is 0 Å². The first-order valence-corrected chi connectivity index (χ1v) is 7.30. The second kappa shape index (κ2) is 6.75. The SMILES string of the molecule is C/C(=N\OC(=O)Nc1ccccc1)c1cccc2ccccc12. The number of carbonyl (C=O) groups excluding carboxylic acids is 1. The van der Waals surface area contributed by atoms with Crippen molar-refractivity contribution < 1.29 is 9.63 Å². The molecule has 0 saturated heterocycles. The van der Waals surface area contributed by atoms with Crippen molar-refractivity contribution in [1.29, 1.82) is 0 Å². The van der Waals surface area contributed by atoms with Gasteiger partial charge in [0.05, 0.1) is 5.71 Å². The van der Waals surface area contributed by atoms with Crippen molar-refractivity contribution in [3.05, 3.63) is 78.4 Å². The van der Waals surface area contributed by atoms with Gasteiger partial charge in [0.2, 0.25) is 0 Å². The molecule has 0 atom stereocenters. The predicted octanol–water partition coefficient (Wildman–Crippen LogP) is 4.81. The lowest BCUT2D eigenvalue weighted by molar-refractivity contribution is 0.166. The average Bonchev–Trinajstić information content (AvgIpc) is 2.60. The number of hydrogen-bond donors (Lipinski definition) is 1. The lowest BCUT2D eigenvalue weighted by Crippen LogP contribution is -2.11. The summed E-state index contributed by atoms with van der Waals surface area (Å²) in [4.78, 5) is 16.7. The Morgan fingerprint density at radius 1 is 0.913 bits per heavy atom. The Hall–Kier alpha value is -3.14. The lowest BCUT2D eigenvalue weighted by Gasteiger charge is -2.06. The van der Waals surface area contributed by atoms with Crippen LogP contribution in [0.15, 0.2) is 78.0 Å². The highest BCUT2D eigenvalue weighted by atomic mass is 16.7. The van der Waals surface area contributed by atoms with Crippen molar-refractivity contribution in [2.45, 2.75) is 6.92 Å². The third-order valence-electron chi connectivity index (χ3n) is 3.47. The van der Waals surface area contributed by atoms with Crippen molar-refractivity contribution in [3.63, 3.8) is 0 Å². The number of benzene rings is 3. The average molecular weight is 304 g/mol. The Balaban J connectivity index is 1.75. The van der Waals surface area contributed by atoms with Crippen LogP contribution in [0.1, 0.15) is 12.5 Å². The molecule has 0 aromatic heterocycles. The highest BCUT2D eigenvalue weighted by Crippen LogP contribution is 2.19. The number of para-hydroxylation sites is 1. The van der Waals surface area contributed by atoms with E-state index < -0.39 is 6.09 Å². The molecule has 0 aliphatic carbocycles. The number of hydrogen-bond acceptors (Lipinski definition) is 3. The molecule has 4 nitrogen and oxygen atoms in total. The molecule has 0 heterocycles. The molecular weight excluding hydrogens is 288 g/mol. The molecule has 114 valence electrons. The summed E-state index contributed by atoms with van der Waals surface area (Å²) in [5.74, 6) is 0. The Labute approximate surface area is 134 Å². The number of nitrogens with zero attached hydrogens (tertiary/aromatic N) is 1. The van der Waals surface area contributed by atoms with Crippen molar-refractivity contribution in [2.24, 2.45) is 5.16 Å². The topological polar surface area (TPSA) is 50.7 Å². The van der Waals surface area contributed by atoms with Crippen LogP contribution in [0.3, 0.4) is 0 Å². The molecule has 0 aliphatic rings. The molecule has 3 aromatic carbocycles. The normalized spacial score (nSPS) is 11.3. The van der Waals surface area contributed by atoms with Crippen LogP contribution in [0.5, 0.6) is 0 Å². The summed E-state index contributed by atoms with van der Waals surface area (Å²) in [6, 6.07) is 23.1. The minimum Gasteiger partial charge on any atom is -0.298 e. The van der Waals surface area contributed by atoms with Gasteiger partial charge in [-0.1, -0.05) is 65.8 Å². The number of nitrogens with one attached hydrogen (secondary N) is 1. The van der Waals surface area contributed by atoms with Crippen LogP contribution in [0.25, 0.3) is 10.8 Å². The largest absolute Gasteiger partial charge is 0.437 e. The van der Waals surface area contributed by atoms with Gasteiger partial charge in [0.15, 0.2) is 0 Å². The summed E-state index contributed by atoms with van der Waals surface area (Å²) in [7, 11) is 0. The fourth-order valence-corrected chi connectivity index (χ4v) is 2.36. The third kappa shape index (κ3) is 3.55. The molecule has 3 aromatic rings. The molecule has 0 aliphatic heterocycles. The summed E-state index contributed by atoms with van der Waals surface area (Å²) in [5, 5.41) is 8.75. The zero-order chi connectivity index (χ0) is 16.1. The molecule has 4 heteroatoms. The van der Waals surface area contributed by atoms with E-state index in [1.165, 1.54) is 0 Å². The summed E-state index contributed by atoms with van der Waals surface area (Å²) in [6.45, 7) is 1.82. The number of anilines is 1. The molecule has 0 fully saturated rings. The predicted molar refractivity (Wildman–Crippen MR) is 92.7 cm³/mol. The van der Waals surface area contributed by atoms with Crippen LogP contribution in [-0.4, -0.2) is 11.8 Å². The summed E-state index contributed by atoms with van der Waals surface area (Å²) >= 11 is 0. The molecule has 3 rings (SSSR count). The van der Waals surface area contributed by atoms with E-state index in [1.807, 2.05) is 67.6 Å². The second-order valence-electron chi connectivity index (χ2n) is 5.07. The minimum atomic E-state index is -0.615. The second-order valence-corrected chi connectivity index (χ2v) is 5.07. The lowest BCUT2D eigenvalue weighted by atomic mass is 10.0. The zero-order valence-electron chi connectivity index (χ0n) is 12.7. The Morgan fingerprint density at radius 2 is 1.61 bits per heavy atom. The standard InChI is InChI=1S/C19H16N2O2/c1-14(17-13-7-9-15-8-5-6-12-18(15)17)21-23-19(22)20-16-10-3-2-4-11-16/h2-13H,1H3,(H,20,22)/b21-14+. The number of fused-ring (bicyclic) bond motifs is 1. The maximum absolute atomic E-state index is 11.8. The van der Waals surface area contributed by atoms with E-state index in [0.717, 1.165) is 16.3 Å². The molecule has 0 radical (unpaired) electrons. The number of oxime groups is 1. The van der Waals surface area contributed by atoms with Gasteiger partial charge in [-0.2, -0.15) is 0 Å². The summed E-state index contributed by atoms with van der Waals surface area (Å²) in [5.41, 5.74) is 2.25. The van der Waals surface area contributed by atoms with Crippen LogP contribution in [0.4, 0.5) is 10.5 Å². The van der Waals surface area contributed by atoms with Crippen molar-refractivity contribution in [3.8, 4) is 0 Å².